The largest absolute Gasteiger partial charge is 0.480 e. The Morgan fingerprint density at radius 2 is 2.50 bits per heavy atom. The number of aromatic nitrogens is 2. The van der Waals surface area contributed by atoms with Crippen LogP contribution in [0.2, 0.25) is 0 Å². The van der Waals surface area contributed by atoms with Crippen molar-refractivity contribution in [2.75, 3.05) is 5.75 Å². The van der Waals surface area contributed by atoms with Gasteiger partial charge < -0.3 is 5.11 Å². The molecule has 2 atom stereocenters. The Morgan fingerprint density at radius 3 is 3.19 bits per heavy atom. The number of rotatable bonds is 2. The van der Waals surface area contributed by atoms with Crippen molar-refractivity contribution in [1.82, 2.24) is 15.3 Å². The lowest BCUT2D eigenvalue weighted by atomic mass is 10.2. The third-order valence-corrected chi connectivity index (χ3v) is 3.59. The minimum absolute atomic E-state index is 0.0449. The van der Waals surface area contributed by atoms with Gasteiger partial charge in [-0.25, -0.2) is 9.97 Å². The van der Waals surface area contributed by atoms with E-state index in [1.807, 2.05) is 13.0 Å². The molecule has 16 heavy (non-hydrogen) atoms. The molecule has 1 aromatic rings. The predicted molar refractivity (Wildman–Crippen MR) is 61.1 cm³/mol. The van der Waals surface area contributed by atoms with Crippen molar-refractivity contribution >= 4 is 17.7 Å². The molecule has 1 saturated heterocycles. The summed E-state index contributed by atoms with van der Waals surface area (Å²) in [5.74, 6) is 0.742. The van der Waals surface area contributed by atoms with Crippen LogP contribution < -0.4 is 5.32 Å². The van der Waals surface area contributed by atoms with Crippen LogP contribution in [0, 0.1) is 6.92 Å². The molecular weight excluding hydrogens is 226 g/mol. The average molecular weight is 239 g/mol. The maximum atomic E-state index is 10.9. The number of hydrogen-bond acceptors (Lipinski definition) is 5. The second-order valence-electron chi connectivity index (χ2n) is 3.63. The summed E-state index contributed by atoms with van der Waals surface area (Å²) < 4.78 is 0. The highest BCUT2D eigenvalue weighted by Crippen LogP contribution is 2.30. The summed E-state index contributed by atoms with van der Waals surface area (Å²) >= 11 is 1.68. The molecule has 0 bridgehead atoms. The minimum Gasteiger partial charge on any atom is -0.480 e. The van der Waals surface area contributed by atoms with Gasteiger partial charge in [-0.3, -0.25) is 10.1 Å². The maximum absolute atomic E-state index is 10.9. The number of nitrogens with one attached hydrogen (secondary N) is 1. The van der Waals surface area contributed by atoms with Gasteiger partial charge in [-0.2, -0.15) is 0 Å². The molecule has 0 saturated carbocycles. The zero-order chi connectivity index (χ0) is 11.5. The topological polar surface area (TPSA) is 75.1 Å². The molecule has 0 amide bonds. The van der Waals surface area contributed by atoms with Gasteiger partial charge in [0, 0.05) is 6.20 Å². The van der Waals surface area contributed by atoms with E-state index in [9.17, 15) is 4.79 Å². The standard InChI is InChI=1S/C10H13N3O2S/c1-6-11-4-2-7(12-6)9-13-8(10(14)15)3-5-16-9/h2,4,8-9,13H,3,5H2,1H3,(H,14,15). The summed E-state index contributed by atoms with van der Waals surface area (Å²) in [7, 11) is 0. The Hall–Kier alpha value is -1.14. The number of nitrogens with zero attached hydrogens (tertiary/aromatic N) is 2. The Balaban J connectivity index is 2.12. The molecular formula is C10H13N3O2S. The van der Waals surface area contributed by atoms with Gasteiger partial charge in [0.05, 0.1) is 11.1 Å². The van der Waals surface area contributed by atoms with Crippen LogP contribution >= 0.6 is 11.8 Å². The first kappa shape index (κ1) is 11.3. The summed E-state index contributed by atoms with van der Waals surface area (Å²) in [5, 5.41) is 12.0. The lowest BCUT2D eigenvalue weighted by Gasteiger charge is -2.27. The average Bonchev–Trinajstić information content (AvgIpc) is 2.29. The molecule has 0 spiro atoms. The second kappa shape index (κ2) is 4.80. The van der Waals surface area contributed by atoms with Gasteiger partial charge in [-0.1, -0.05) is 0 Å². The van der Waals surface area contributed by atoms with Gasteiger partial charge in [-0.05, 0) is 25.2 Å². The molecule has 0 radical (unpaired) electrons. The van der Waals surface area contributed by atoms with Crippen molar-refractivity contribution in [1.29, 1.82) is 0 Å². The molecule has 5 nitrogen and oxygen atoms in total. The lowest BCUT2D eigenvalue weighted by molar-refractivity contribution is -0.139. The SMILES string of the molecule is Cc1nccc(C2NC(C(=O)O)CCS2)n1. The van der Waals surface area contributed by atoms with Gasteiger partial charge in [0.15, 0.2) is 0 Å². The van der Waals surface area contributed by atoms with E-state index >= 15 is 0 Å². The van der Waals surface area contributed by atoms with Crippen molar-refractivity contribution in [3.05, 3.63) is 23.8 Å². The fourth-order valence-electron chi connectivity index (χ4n) is 1.60. The number of aliphatic carboxylic acids is 1. The Morgan fingerprint density at radius 1 is 1.69 bits per heavy atom. The van der Waals surface area contributed by atoms with E-state index in [0.29, 0.717) is 12.2 Å². The van der Waals surface area contributed by atoms with Crippen LogP contribution in [-0.4, -0.2) is 32.8 Å². The van der Waals surface area contributed by atoms with Crippen LogP contribution in [0.15, 0.2) is 12.3 Å². The van der Waals surface area contributed by atoms with E-state index in [1.165, 1.54) is 0 Å². The van der Waals surface area contributed by atoms with Crippen LogP contribution in [0.4, 0.5) is 0 Å². The Kier molecular flexibility index (Phi) is 3.40. The summed E-state index contributed by atoms with van der Waals surface area (Å²) in [5.41, 5.74) is 0.850. The van der Waals surface area contributed by atoms with Crippen LogP contribution in [0.25, 0.3) is 0 Å². The monoisotopic (exact) mass is 239 g/mol. The van der Waals surface area contributed by atoms with Crippen molar-refractivity contribution in [2.45, 2.75) is 24.8 Å². The number of aryl methyl sites for hydroxylation is 1. The number of carboxylic acids is 1. The molecule has 2 heterocycles. The van der Waals surface area contributed by atoms with E-state index in [4.69, 9.17) is 5.11 Å². The summed E-state index contributed by atoms with van der Waals surface area (Å²) in [6, 6.07) is 1.35. The van der Waals surface area contributed by atoms with Crippen molar-refractivity contribution < 1.29 is 9.90 Å². The van der Waals surface area contributed by atoms with Gasteiger partial charge in [-0.15, -0.1) is 11.8 Å². The van der Waals surface area contributed by atoms with Gasteiger partial charge in [0.1, 0.15) is 11.9 Å². The molecule has 1 fully saturated rings. The lowest BCUT2D eigenvalue weighted by Crippen LogP contribution is -2.42. The molecule has 0 aromatic carbocycles. The first-order valence-corrected chi connectivity index (χ1v) is 6.11. The summed E-state index contributed by atoms with van der Waals surface area (Å²) in [6.07, 6.45) is 2.35. The molecule has 2 N–H and O–H groups in total. The number of hydrogen-bond donors (Lipinski definition) is 2. The number of carboxylic acid groups (broad SMARTS) is 1. The van der Waals surface area contributed by atoms with Crippen molar-refractivity contribution in [2.24, 2.45) is 0 Å². The number of carbonyl (C=O) groups is 1. The molecule has 2 rings (SSSR count). The van der Waals surface area contributed by atoms with Crippen molar-refractivity contribution in [3.63, 3.8) is 0 Å². The van der Waals surface area contributed by atoms with E-state index in [-0.39, 0.29) is 5.37 Å². The third-order valence-electron chi connectivity index (χ3n) is 2.41. The third kappa shape index (κ3) is 2.51. The number of thioether (sulfide) groups is 1. The van der Waals surface area contributed by atoms with Gasteiger partial charge in [0.25, 0.3) is 0 Å². The predicted octanol–water partition coefficient (Wildman–Crippen LogP) is 0.963. The van der Waals surface area contributed by atoms with Gasteiger partial charge >= 0.3 is 5.97 Å². The van der Waals surface area contributed by atoms with Gasteiger partial charge in [0.2, 0.25) is 0 Å². The summed E-state index contributed by atoms with van der Waals surface area (Å²) in [6.45, 7) is 1.83. The summed E-state index contributed by atoms with van der Waals surface area (Å²) in [4.78, 5) is 19.2. The Bertz CT molecular complexity index is 399. The fourth-order valence-corrected chi connectivity index (χ4v) is 2.77. The van der Waals surface area contributed by atoms with E-state index in [1.54, 1.807) is 18.0 Å². The first-order chi connectivity index (χ1) is 7.66. The quantitative estimate of drug-likeness (QED) is 0.800. The highest BCUT2D eigenvalue weighted by molar-refractivity contribution is 7.99. The Labute approximate surface area is 97.7 Å². The molecule has 1 aliphatic heterocycles. The molecule has 86 valence electrons. The van der Waals surface area contributed by atoms with E-state index in [0.717, 1.165) is 11.4 Å². The zero-order valence-electron chi connectivity index (χ0n) is 8.88. The van der Waals surface area contributed by atoms with E-state index < -0.39 is 12.0 Å². The normalized spacial score (nSPS) is 25.3. The minimum atomic E-state index is -0.795. The highest BCUT2D eigenvalue weighted by Gasteiger charge is 2.27. The molecule has 2 unspecified atom stereocenters. The highest BCUT2D eigenvalue weighted by atomic mass is 32.2. The van der Waals surface area contributed by atoms with E-state index in [2.05, 4.69) is 15.3 Å². The van der Waals surface area contributed by atoms with Crippen LogP contribution in [0.3, 0.4) is 0 Å². The van der Waals surface area contributed by atoms with Crippen LogP contribution in [0.5, 0.6) is 0 Å². The van der Waals surface area contributed by atoms with Crippen LogP contribution in [-0.2, 0) is 4.79 Å². The molecule has 6 heteroatoms. The first-order valence-electron chi connectivity index (χ1n) is 5.07. The smallest absolute Gasteiger partial charge is 0.320 e. The fraction of sp³-hybridized carbons (Fsp3) is 0.500. The maximum Gasteiger partial charge on any atom is 0.320 e. The molecule has 0 aliphatic carbocycles. The van der Waals surface area contributed by atoms with Crippen LogP contribution in [0.1, 0.15) is 23.3 Å². The molecule has 1 aromatic heterocycles. The molecule has 1 aliphatic rings. The zero-order valence-corrected chi connectivity index (χ0v) is 9.70. The second-order valence-corrected chi connectivity index (χ2v) is 4.84. The van der Waals surface area contributed by atoms with Crippen molar-refractivity contribution in [3.8, 4) is 0 Å².